The van der Waals surface area contributed by atoms with Crippen molar-refractivity contribution in [1.82, 2.24) is 24.6 Å². The van der Waals surface area contributed by atoms with Gasteiger partial charge in [-0.1, -0.05) is 0 Å². The van der Waals surface area contributed by atoms with E-state index in [1.54, 1.807) is 13.1 Å². The predicted molar refractivity (Wildman–Crippen MR) is 87.0 cm³/mol. The minimum Gasteiger partial charge on any atom is -0.368 e. The van der Waals surface area contributed by atoms with Crippen LogP contribution in [0.15, 0.2) is 18.3 Å². The molecule has 7 heteroatoms. The van der Waals surface area contributed by atoms with Crippen molar-refractivity contribution in [2.75, 3.05) is 18.4 Å². The third-order valence-corrected chi connectivity index (χ3v) is 4.18. The maximum absolute atomic E-state index is 11.6. The van der Waals surface area contributed by atoms with E-state index in [-0.39, 0.29) is 11.9 Å². The first-order valence-electron chi connectivity index (χ1n) is 7.89. The van der Waals surface area contributed by atoms with E-state index in [2.05, 4.69) is 20.4 Å². The highest BCUT2D eigenvalue weighted by Gasteiger charge is 2.32. The van der Waals surface area contributed by atoms with Gasteiger partial charge in [-0.15, -0.1) is 0 Å². The Hall–Kier alpha value is -2.44. The topological polar surface area (TPSA) is 75.9 Å². The van der Waals surface area contributed by atoms with Crippen LogP contribution < -0.4 is 5.32 Å². The summed E-state index contributed by atoms with van der Waals surface area (Å²) in [7, 11) is 0. The van der Waals surface area contributed by atoms with Crippen LogP contribution in [0.3, 0.4) is 0 Å². The van der Waals surface area contributed by atoms with Gasteiger partial charge < -0.3 is 10.2 Å². The summed E-state index contributed by atoms with van der Waals surface area (Å²) < 4.78 is 1.95. The van der Waals surface area contributed by atoms with Crippen molar-refractivity contribution in [2.45, 2.75) is 39.8 Å². The molecule has 0 saturated carbocycles. The van der Waals surface area contributed by atoms with Crippen LogP contribution in [0.25, 0.3) is 0 Å². The molecule has 3 rings (SSSR count). The van der Waals surface area contributed by atoms with Crippen molar-refractivity contribution in [1.29, 1.82) is 0 Å². The van der Waals surface area contributed by atoms with Crippen LogP contribution in [0, 0.1) is 13.8 Å². The number of aryl methyl sites for hydroxylation is 2. The smallest absolute Gasteiger partial charge is 0.220 e. The monoisotopic (exact) mass is 314 g/mol. The average molecular weight is 314 g/mol. The van der Waals surface area contributed by atoms with Gasteiger partial charge in [-0.2, -0.15) is 5.10 Å². The second-order valence-corrected chi connectivity index (χ2v) is 5.86. The Morgan fingerprint density at radius 2 is 2.22 bits per heavy atom. The summed E-state index contributed by atoms with van der Waals surface area (Å²) in [5.41, 5.74) is 2.05. The van der Waals surface area contributed by atoms with Crippen LogP contribution in [0.2, 0.25) is 0 Å². The Morgan fingerprint density at radius 1 is 1.39 bits per heavy atom. The molecular formula is C16H22N6O. The molecule has 23 heavy (non-hydrogen) atoms. The van der Waals surface area contributed by atoms with Gasteiger partial charge in [0.1, 0.15) is 11.6 Å². The molecule has 1 fully saturated rings. The Labute approximate surface area is 135 Å². The summed E-state index contributed by atoms with van der Waals surface area (Å²) in [4.78, 5) is 22.3. The summed E-state index contributed by atoms with van der Waals surface area (Å²) in [6, 6.07) is 4.02. The first-order chi connectivity index (χ1) is 11.0. The van der Waals surface area contributed by atoms with Crippen molar-refractivity contribution >= 4 is 11.7 Å². The molecule has 1 amide bonds. The highest BCUT2D eigenvalue weighted by atomic mass is 16.2. The Kier molecular flexibility index (Phi) is 4.27. The zero-order valence-electron chi connectivity index (χ0n) is 13.8. The van der Waals surface area contributed by atoms with Crippen molar-refractivity contribution in [3.8, 4) is 0 Å². The van der Waals surface area contributed by atoms with Crippen molar-refractivity contribution < 1.29 is 4.79 Å². The average Bonchev–Trinajstić information content (AvgIpc) is 2.82. The van der Waals surface area contributed by atoms with Crippen LogP contribution in [0.5, 0.6) is 0 Å². The summed E-state index contributed by atoms with van der Waals surface area (Å²) in [5.74, 6) is 1.62. The second kappa shape index (κ2) is 6.36. The molecule has 2 aromatic rings. The Balaban J connectivity index is 1.66. The van der Waals surface area contributed by atoms with Gasteiger partial charge in [0.15, 0.2) is 0 Å². The number of carbonyl (C=O) groups excluding carboxylic acids is 1. The van der Waals surface area contributed by atoms with Gasteiger partial charge in [0.05, 0.1) is 18.3 Å². The molecule has 7 nitrogen and oxygen atoms in total. The number of nitrogens with one attached hydrogen (secondary N) is 1. The van der Waals surface area contributed by atoms with Gasteiger partial charge in [-0.25, -0.2) is 9.97 Å². The van der Waals surface area contributed by atoms with E-state index in [9.17, 15) is 4.79 Å². The minimum atomic E-state index is 0.0862. The van der Waals surface area contributed by atoms with Gasteiger partial charge in [0.2, 0.25) is 5.91 Å². The van der Waals surface area contributed by atoms with E-state index in [1.807, 2.05) is 35.6 Å². The fourth-order valence-electron chi connectivity index (χ4n) is 2.85. The van der Waals surface area contributed by atoms with Gasteiger partial charge in [0, 0.05) is 38.0 Å². The normalized spacial score (nSPS) is 17.0. The largest absolute Gasteiger partial charge is 0.368 e. The molecule has 0 spiro atoms. The first kappa shape index (κ1) is 15.5. The van der Waals surface area contributed by atoms with Gasteiger partial charge in [-0.3, -0.25) is 9.48 Å². The van der Waals surface area contributed by atoms with Crippen molar-refractivity contribution in [3.05, 3.63) is 35.5 Å². The third kappa shape index (κ3) is 3.33. The van der Waals surface area contributed by atoms with E-state index in [1.165, 1.54) is 0 Å². The molecular weight excluding hydrogens is 292 g/mol. The molecule has 1 aliphatic rings. The number of aromatic nitrogens is 4. The van der Waals surface area contributed by atoms with Crippen LogP contribution in [0.1, 0.15) is 36.6 Å². The number of rotatable bonds is 5. The number of hydrogen-bond acceptors (Lipinski definition) is 5. The summed E-state index contributed by atoms with van der Waals surface area (Å²) >= 11 is 0. The minimum absolute atomic E-state index is 0.0862. The molecule has 0 aliphatic carbocycles. The number of anilines is 1. The van der Waals surface area contributed by atoms with Crippen LogP contribution in [0.4, 0.5) is 5.82 Å². The number of carbonyl (C=O) groups is 1. The summed E-state index contributed by atoms with van der Waals surface area (Å²) in [5, 5.41) is 7.58. The molecule has 2 aromatic heterocycles. The maximum Gasteiger partial charge on any atom is 0.220 e. The fraction of sp³-hybridized carbons (Fsp3) is 0.500. The summed E-state index contributed by atoms with van der Waals surface area (Å²) in [6.45, 7) is 7.84. The highest BCUT2D eigenvalue weighted by Crippen LogP contribution is 2.32. The lowest BCUT2D eigenvalue weighted by Gasteiger charge is -2.40. The SMILES string of the molecule is CC(=O)N1CCC1c1cc(NCCn2nccc2C)nc(C)n1. The zero-order chi connectivity index (χ0) is 16.4. The van der Waals surface area contributed by atoms with E-state index in [0.717, 1.165) is 49.1 Å². The molecule has 122 valence electrons. The van der Waals surface area contributed by atoms with Gasteiger partial charge in [0.25, 0.3) is 0 Å². The summed E-state index contributed by atoms with van der Waals surface area (Å²) in [6.07, 6.45) is 2.76. The number of nitrogens with zero attached hydrogens (tertiary/aromatic N) is 5. The third-order valence-electron chi connectivity index (χ3n) is 4.18. The van der Waals surface area contributed by atoms with E-state index in [4.69, 9.17) is 0 Å². The number of hydrogen-bond donors (Lipinski definition) is 1. The molecule has 3 heterocycles. The number of amides is 1. The Bertz CT molecular complexity index is 710. The van der Waals surface area contributed by atoms with Crippen LogP contribution >= 0.6 is 0 Å². The second-order valence-electron chi connectivity index (χ2n) is 5.86. The van der Waals surface area contributed by atoms with E-state index < -0.39 is 0 Å². The van der Waals surface area contributed by atoms with Crippen molar-refractivity contribution in [2.24, 2.45) is 0 Å². The van der Waals surface area contributed by atoms with Crippen molar-refractivity contribution in [3.63, 3.8) is 0 Å². The molecule has 0 radical (unpaired) electrons. The molecule has 1 N–H and O–H groups in total. The van der Waals surface area contributed by atoms with E-state index in [0.29, 0.717) is 0 Å². The molecule has 1 aliphatic heterocycles. The predicted octanol–water partition coefficient (Wildman–Crippen LogP) is 1.70. The quantitative estimate of drug-likeness (QED) is 0.909. The fourth-order valence-corrected chi connectivity index (χ4v) is 2.85. The lowest BCUT2D eigenvalue weighted by molar-refractivity contribution is -0.136. The lowest BCUT2D eigenvalue weighted by Crippen LogP contribution is -2.44. The molecule has 0 aromatic carbocycles. The lowest BCUT2D eigenvalue weighted by atomic mass is 9.99. The first-order valence-corrected chi connectivity index (χ1v) is 7.89. The van der Waals surface area contributed by atoms with Crippen LogP contribution in [-0.2, 0) is 11.3 Å². The van der Waals surface area contributed by atoms with Crippen LogP contribution in [-0.4, -0.2) is 43.6 Å². The molecule has 1 atom stereocenters. The molecule has 0 bridgehead atoms. The Morgan fingerprint density at radius 3 is 2.83 bits per heavy atom. The van der Waals surface area contributed by atoms with E-state index >= 15 is 0 Å². The maximum atomic E-state index is 11.6. The van der Waals surface area contributed by atoms with Gasteiger partial charge >= 0.3 is 0 Å². The molecule has 1 saturated heterocycles. The zero-order valence-corrected chi connectivity index (χ0v) is 13.8. The van der Waals surface area contributed by atoms with Gasteiger partial charge in [-0.05, 0) is 26.3 Å². The number of likely N-dealkylation sites (tertiary alicyclic amines) is 1. The standard InChI is InChI=1S/C16H22N6O/c1-11-4-6-18-22(11)9-7-17-16-10-14(19-12(2)20-16)15-5-8-21(15)13(3)23/h4,6,10,15H,5,7-9H2,1-3H3,(H,17,19,20). The molecule has 1 unspecified atom stereocenters. The highest BCUT2D eigenvalue weighted by molar-refractivity contribution is 5.74.